The largest absolute Gasteiger partial charge is 0.494 e. The molecule has 108 valence electrons. The number of hydrogen-bond acceptors (Lipinski definition) is 4. The van der Waals surface area contributed by atoms with Crippen molar-refractivity contribution >= 4 is 0 Å². The van der Waals surface area contributed by atoms with Crippen LogP contribution in [0.15, 0.2) is 36.4 Å². The summed E-state index contributed by atoms with van der Waals surface area (Å²) < 4.78 is 29.2. The lowest BCUT2D eigenvalue weighted by atomic mass is 10.2. The van der Waals surface area contributed by atoms with Crippen LogP contribution in [0.1, 0.15) is 11.1 Å². The van der Waals surface area contributed by atoms with Crippen molar-refractivity contribution in [2.75, 3.05) is 14.2 Å². The standard InChI is InChI=1S/C16H14FNO3/c1-19-14-5-4-12(7-13(14)17)10-21-15-6-3-11(9-18)8-16(15)20-2/h3-8H,10H2,1-2H3. The van der Waals surface area contributed by atoms with Gasteiger partial charge < -0.3 is 14.2 Å². The van der Waals surface area contributed by atoms with Crippen LogP contribution in [0.2, 0.25) is 0 Å². The number of nitriles is 1. The van der Waals surface area contributed by atoms with Gasteiger partial charge in [0, 0.05) is 6.07 Å². The Morgan fingerprint density at radius 2 is 1.71 bits per heavy atom. The van der Waals surface area contributed by atoms with Gasteiger partial charge in [0.1, 0.15) is 6.61 Å². The van der Waals surface area contributed by atoms with Crippen LogP contribution in [-0.4, -0.2) is 14.2 Å². The first kappa shape index (κ1) is 14.7. The summed E-state index contributed by atoms with van der Waals surface area (Å²) in [6.45, 7) is 0.184. The summed E-state index contributed by atoms with van der Waals surface area (Å²) >= 11 is 0. The Balaban J connectivity index is 2.13. The van der Waals surface area contributed by atoms with Crippen molar-refractivity contribution in [2.24, 2.45) is 0 Å². The maximum atomic E-state index is 13.6. The van der Waals surface area contributed by atoms with Crippen LogP contribution in [0.25, 0.3) is 0 Å². The van der Waals surface area contributed by atoms with Crippen LogP contribution in [-0.2, 0) is 6.61 Å². The number of methoxy groups -OCH3 is 2. The molecule has 0 aliphatic heterocycles. The average Bonchev–Trinajstić information content (AvgIpc) is 2.52. The molecule has 0 aliphatic carbocycles. The monoisotopic (exact) mass is 287 g/mol. The molecule has 0 radical (unpaired) electrons. The molecule has 0 fully saturated rings. The van der Waals surface area contributed by atoms with Crippen molar-refractivity contribution < 1.29 is 18.6 Å². The highest BCUT2D eigenvalue weighted by molar-refractivity contribution is 5.46. The highest BCUT2D eigenvalue weighted by atomic mass is 19.1. The van der Waals surface area contributed by atoms with E-state index < -0.39 is 5.82 Å². The lowest BCUT2D eigenvalue weighted by Crippen LogP contribution is -1.99. The van der Waals surface area contributed by atoms with Gasteiger partial charge in [-0.1, -0.05) is 6.07 Å². The topological polar surface area (TPSA) is 51.5 Å². The Hall–Kier alpha value is -2.74. The molecule has 0 aromatic heterocycles. The fourth-order valence-electron chi connectivity index (χ4n) is 1.82. The van der Waals surface area contributed by atoms with E-state index in [1.54, 1.807) is 30.3 Å². The van der Waals surface area contributed by atoms with Gasteiger partial charge in [0.25, 0.3) is 0 Å². The second-order valence-electron chi connectivity index (χ2n) is 4.24. The van der Waals surface area contributed by atoms with Crippen LogP contribution in [0.4, 0.5) is 4.39 Å². The molecule has 0 N–H and O–H groups in total. The lowest BCUT2D eigenvalue weighted by molar-refractivity contribution is 0.283. The molecular formula is C16H14FNO3. The molecule has 0 aliphatic rings. The second-order valence-corrected chi connectivity index (χ2v) is 4.24. The van der Waals surface area contributed by atoms with Crippen molar-refractivity contribution in [1.82, 2.24) is 0 Å². The van der Waals surface area contributed by atoms with E-state index in [9.17, 15) is 4.39 Å². The smallest absolute Gasteiger partial charge is 0.165 e. The molecule has 0 heterocycles. The third-order valence-electron chi connectivity index (χ3n) is 2.90. The molecule has 0 spiro atoms. The summed E-state index contributed by atoms with van der Waals surface area (Å²) in [5, 5.41) is 8.84. The number of halogens is 1. The Kier molecular flexibility index (Phi) is 4.62. The Bertz CT molecular complexity index is 680. The van der Waals surface area contributed by atoms with Crippen molar-refractivity contribution in [3.8, 4) is 23.3 Å². The summed E-state index contributed by atoms with van der Waals surface area (Å²) in [7, 11) is 2.91. The third-order valence-corrected chi connectivity index (χ3v) is 2.90. The minimum absolute atomic E-state index is 0.184. The van der Waals surface area contributed by atoms with Gasteiger partial charge in [-0.05, 0) is 29.8 Å². The molecule has 0 saturated carbocycles. The van der Waals surface area contributed by atoms with Crippen molar-refractivity contribution in [2.45, 2.75) is 6.61 Å². The maximum Gasteiger partial charge on any atom is 0.165 e. The molecule has 0 unspecified atom stereocenters. The van der Waals surface area contributed by atoms with Crippen molar-refractivity contribution in [3.05, 3.63) is 53.3 Å². The van der Waals surface area contributed by atoms with Gasteiger partial charge in [-0.3, -0.25) is 0 Å². The molecule has 0 saturated heterocycles. The minimum atomic E-state index is -0.439. The van der Waals surface area contributed by atoms with E-state index in [1.807, 2.05) is 6.07 Å². The van der Waals surface area contributed by atoms with Gasteiger partial charge in [-0.2, -0.15) is 5.26 Å². The van der Waals surface area contributed by atoms with Crippen LogP contribution in [0.5, 0.6) is 17.2 Å². The Labute approximate surface area is 122 Å². The summed E-state index contributed by atoms with van der Waals surface area (Å²) in [6, 6.07) is 11.5. The SMILES string of the molecule is COc1ccc(COc2ccc(C#N)cc2OC)cc1F. The zero-order valence-electron chi connectivity index (χ0n) is 11.7. The van der Waals surface area contributed by atoms with Crippen LogP contribution in [0, 0.1) is 17.1 Å². The highest BCUT2D eigenvalue weighted by Gasteiger charge is 2.08. The van der Waals surface area contributed by atoms with E-state index in [-0.39, 0.29) is 12.4 Å². The van der Waals surface area contributed by atoms with Crippen LogP contribution >= 0.6 is 0 Å². The van der Waals surface area contributed by atoms with E-state index in [2.05, 4.69) is 0 Å². The van der Waals surface area contributed by atoms with E-state index in [1.165, 1.54) is 20.3 Å². The fourth-order valence-corrected chi connectivity index (χ4v) is 1.82. The Morgan fingerprint density at radius 3 is 2.33 bits per heavy atom. The predicted octanol–water partition coefficient (Wildman–Crippen LogP) is 3.29. The molecular weight excluding hydrogens is 273 g/mol. The van der Waals surface area contributed by atoms with E-state index >= 15 is 0 Å². The molecule has 0 atom stereocenters. The van der Waals surface area contributed by atoms with Crippen molar-refractivity contribution in [3.63, 3.8) is 0 Å². The molecule has 0 bridgehead atoms. The highest BCUT2D eigenvalue weighted by Crippen LogP contribution is 2.29. The van der Waals surface area contributed by atoms with Gasteiger partial charge >= 0.3 is 0 Å². The van der Waals surface area contributed by atoms with Gasteiger partial charge in [-0.15, -0.1) is 0 Å². The zero-order chi connectivity index (χ0) is 15.2. The first-order valence-corrected chi connectivity index (χ1v) is 6.21. The predicted molar refractivity (Wildman–Crippen MR) is 75.0 cm³/mol. The van der Waals surface area contributed by atoms with Gasteiger partial charge in [-0.25, -0.2) is 4.39 Å². The summed E-state index contributed by atoms with van der Waals surface area (Å²) in [6.07, 6.45) is 0. The number of hydrogen-bond donors (Lipinski definition) is 0. The molecule has 2 aromatic rings. The molecule has 2 aromatic carbocycles. The minimum Gasteiger partial charge on any atom is -0.494 e. The number of ether oxygens (including phenoxy) is 3. The van der Waals surface area contributed by atoms with Gasteiger partial charge in [0.15, 0.2) is 23.1 Å². The maximum absolute atomic E-state index is 13.6. The fraction of sp³-hybridized carbons (Fsp3) is 0.188. The average molecular weight is 287 g/mol. The van der Waals surface area contributed by atoms with E-state index in [0.717, 1.165) is 0 Å². The third kappa shape index (κ3) is 3.42. The zero-order valence-corrected chi connectivity index (χ0v) is 11.7. The van der Waals surface area contributed by atoms with E-state index in [4.69, 9.17) is 19.5 Å². The number of nitrogens with zero attached hydrogens (tertiary/aromatic N) is 1. The second kappa shape index (κ2) is 6.62. The first-order chi connectivity index (χ1) is 10.2. The molecule has 21 heavy (non-hydrogen) atoms. The van der Waals surface area contributed by atoms with E-state index in [0.29, 0.717) is 22.6 Å². The summed E-state index contributed by atoms with van der Waals surface area (Å²) in [4.78, 5) is 0. The van der Waals surface area contributed by atoms with Crippen LogP contribution in [0.3, 0.4) is 0 Å². The quantitative estimate of drug-likeness (QED) is 0.846. The lowest BCUT2D eigenvalue weighted by Gasteiger charge is -2.11. The van der Waals surface area contributed by atoms with Crippen molar-refractivity contribution in [1.29, 1.82) is 5.26 Å². The van der Waals surface area contributed by atoms with Crippen LogP contribution < -0.4 is 14.2 Å². The number of rotatable bonds is 5. The molecule has 4 nitrogen and oxygen atoms in total. The van der Waals surface area contributed by atoms with Gasteiger partial charge in [0.2, 0.25) is 0 Å². The molecule has 0 amide bonds. The summed E-state index contributed by atoms with van der Waals surface area (Å²) in [5.74, 6) is 0.704. The molecule has 2 rings (SSSR count). The summed E-state index contributed by atoms with van der Waals surface area (Å²) in [5.41, 5.74) is 1.15. The van der Waals surface area contributed by atoms with Gasteiger partial charge in [0.05, 0.1) is 25.9 Å². The first-order valence-electron chi connectivity index (χ1n) is 6.21. The number of benzene rings is 2. The Morgan fingerprint density at radius 1 is 1.00 bits per heavy atom. The normalized spacial score (nSPS) is 9.81. The molecule has 5 heteroatoms.